The summed E-state index contributed by atoms with van der Waals surface area (Å²) in [6.45, 7) is 1.92. The van der Waals surface area contributed by atoms with E-state index in [1.165, 1.54) is 24.8 Å². The smallest absolute Gasteiger partial charge is 0.193 e. The molecule has 3 rings (SSSR count). The van der Waals surface area contributed by atoms with Crippen molar-refractivity contribution in [2.75, 3.05) is 0 Å². The van der Waals surface area contributed by atoms with Gasteiger partial charge in [0.1, 0.15) is 0 Å². The van der Waals surface area contributed by atoms with Gasteiger partial charge in [0.05, 0.1) is 0 Å². The summed E-state index contributed by atoms with van der Waals surface area (Å²) in [4.78, 5) is 16.4. The van der Waals surface area contributed by atoms with E-state index in [1.54, 1.807) is 18.5 Å². The molecule has 2 nitrogen and oxygen atoms in total. The van der Waals surface area contributed by atoms with Crippen LogP contribution in [-0.4, -0.2) is 10.8 Å². The molecule has 0 unspecified atom stereocenters. The van der Waals surface area contributed by atoms with E-state index in [9.17, 15) is 4.79 Å². The van der Waals surface area contributed by atoms with Crippen LogP contribution in [0.4, 0.5) is 0 Å². The van der Waals surface area contributed by atoms with E-state index in [4.69, 9.17) is 0 Å². The topological polar surface area (TPSA) is 30.0 Å². The van der Waals surface area contributed by atoms with Crippen LogP contribution >= 0.6 is 0 Å². The van der Waals surface area contributed by atoms with Crippen LogP contribution in [0.25, 0.3) is 0 Å². The molecule has 96 valence electrons. The van der Waals surface area contributed by atoms with Crippen LogP contribution < -0.4 is 0 Å². The molecule has 1 aromatic carbocycles. The zero-order valence-electron chi connectivity index (χ0n) is 11.1. The van der Waals surface area contributed by atoms with E-state index >= 15 is 0 Å². The lowest BCUT2D eigenvalue weighted by Crippen LogP contribution is -2.09. The van der Waals surface area contributed by atoms with Gasteiger partial charge in [0.15, 0.2) is 5.78 Å². The molecule has 0 aliphatic heterocycles. The number of benzene rings is 1. The zero-order valence-corrected chi connectivity index (χ0v) is 11.1. The second-order valence-corrected chi connectivity index (χ2v) is 5.27. The highest BCUT2D eigenvalue weighted by Gasteiger charge is 2.19. The van der Waals surface area contributed by atoms with Crippen LogP contribution in [0.15, 0.2) is 42.7 Å². The van der Waals surface area contributed by atoms with Crippen molar-refractivity contribution in [1.29, 1.82) is 0 Å². The Hall–Kier alpha value is -1.96. The van der Waals surface area contributed by atoms with Crippen LogP contribution in [-0.2, 0) is 0 Å². The first kappa shape index (κ1) is 12.1. The molecule has 0 N–H and O–H groups in total. The average molecular weight is 251 g/mol. The molecule has 0 saturated heterocycles. The Morgan fingerprint density at radius 2 is 1.89 bits per heavy atom. The number of hydrogen-bond acceptors (Lipinski definition) is 2. The maximum atomic E-state index is 12.4. The standard InChI is InChI=1S/C17H17NO/c1-12-11-18-10-9-16(12)17(19)15-7-5-14(6-8-15)13-3-2-4-13/h5-11,13H,2-4H2,1H3. The van der Waals surface area contributed by atoms with Crippen molar-refractivity contribution in [3.05, 3.63) is 65.0 Å². The molecule has 0 amide bonds. The van der Waals surface area contributed by atoms with Crippen LogP contribution in [0.1, 0.15) is 52.2 Å². The quantitative estimate of drug-likeness (QED) is 0.775. The van der Waals surface area contributed by atoms with Crippen LogP contribution in [0.2, 0.25) is 0 Å². The molecule has 2 aromatic rings. The molecule has 1 saturated carbocycles. The summed E-state index contributed by atoms with van der Waals surface area (Å²) in [7, 11) is 0. The van der Waals surface area contributed by atoms with Crippen molar-refractivity contribution >= 4 is 5.78 Å². The largest absolute Gasteiger partial charge is 0.289 e. The second-order valence-electron chi connectivity index (χ2n) is 5.27. The Morgan fingerprint density at radius 1 is 1.16 bits per heavy atom. The minimum atomic E-state index is 0.0834. The Bertz CT molecular complexity index is 597. The lowest BCUT2D eigenvalue weighted by atomic mass is 9.80. The number of carbonyl (C=O) groups is 1. The molecular weight excluding hydrogens is 234 g/mol. The van der Waals surface area contributed by atoms with E-state index in [2.05, 4.69) is 17.1 Å². The summed E-state index contributed by atoms with van der Waals surface area (Å²) >= 11 is 0. The number of ketones is 1. The lowest BCUT2D eigenvalue weighted by molar-refractivity contribution is 0.103. The normalized spacial score (nSPS) is 15.0. The monoisotopic (exact) mass is 251 g/mol. The minimum absolute atomic E-state index is 0.0834. The number of aryl methyl sites for hydroxylation is 1. The maximum Gasteiger partial charge on any atom is 0.193 e. The first-order valence-corrected chi connectivity index (χ1v) is 6.81. The molecule has 1 aliphatic carbocycles. The molecule has 19 heavy (non-hydrogen) atoms. The van der Waals surface area contributed by atoms with Crippen LogP contribution in [0, 0.1) is 6.92 Å². The SMILES string of the molecule is Cc1cnccc1C(=O)c1ccc(C2CCC2)cc1. The number of nitrogens with zero attached hydrogens (tertiary/aromatic N) is 1. The molecular formula is C17H17NO. The first-order valence-electron chi connectivity index (χ1n) is 6.81. The Balaban J connectivity index is 1.86. The number of aromatic nitrogens is 1. The molecule has 0 spiro atoms. The van der Waals surface area contributed by atoms with Gasteiger partial charge in [-0.05, 0) is 42.9 Å². The van der Waals surface area contributed by atoms with Crippen LogP contribution in [0.3, 0.4) is 0 Å². The molecule has 1 aliphatic rings. The van der Waals surface area contributed by atoms with Gasteiger partial charge >= 0.3 is 0 Å². The molecule has 1 aromatic heterocycles. The highest BCUT2D eigenvalue weighted by atomic mass is 16.1. The van der Waals surface area contributed by atoms with Gasteiger partial charge < -0.3 is 0 Å². The van der Waals surface area contributed by atoms with Gasteiger partial charge in [-0.2, -0.15) is 0 Å². The Morgan fingerprint density at radius 3 is 2.47 bits per heavy atom. The number of pyridine rings is 1. The molecule has 0 atom stereocenters. The molecule has 0 radical (unpaired) electrons. The number of hydrogen-bond donors (Lipinski definition) is 0. The molecule has 0 bridgehead atoms. The lowest BCUT2D eigenvalue weighted by Gasteiger charge is -2.25. The second kappa shape index (κ2) is 4.96. The van der Waals surface area contributed by atoms with Crippen molar-refractivity contribution < 1.29 is 4.79 Å². The van der Waals surface area contributed by atoms with Crippen LogP contribution in [0.5, 0.6) is 0 Å². The Kier molecular flexibility index (Phi) is 3.16. The van der Waals surface area contributed by atoms with E-state index in [0.29, 0.717) is 5.92 Å². The van der Waals surface area contributed by atoms with Crippen molar-refractivity contribution in [3.63, 3.8) is 0 Å². The summed E-state index contributed by atoms with van der Waals surface area (Å²) in [6, 6.07) is 9.91. The predicted octanol–water partition coefficient (Wildman–Crippen LogP) is 3.89. The van der Waals surface area contributed by atoms with Crippen molar-refractivity contribution in [1.82, 2.24) is 4.98 Å². The van der Waals surface area contributed by atoms with Crippen molar-refractivity contribution in [3.8, 4) is 0 Å². The van der Waals surface area contributed by atoms with E-state index in [0.717, 1.165) is 16.7 Å². The average Bonchev–Trinajstić information content (AvgIpc) is 2.37. The fraction of sp³-hybridized carbons (Fsp3) is 0.294. The van der Waals surface area contributed by atoms with E-state index in [-0.39, 0.29) is 5.78 Å². The third-order valence-corrected chi connectivity index (χ3v) is 4.01. The fourth-order valence-corrected chi connectivity index (χ4v) is 2.53. The van der Waals surface area contributed by atoms with Gasteiger partial charge in [0, 0.05) is 23.5 Å². The fourth-order valence-electron chi connectivity index (χ4n) is 2.53. The van der Waals surface area contributed by atoms with Gasteiger partial charge in [-0.3, -0.25) is 9.78 Å². The van der Waals surface area contributed by atoms with Gasteiger partial charge in [-0.1, -0.05) is 30.7 Å². The zero-order chi connectivity index (χ0) is 13.2. The summed E-state index contributed by atoms with van der Waals surface area (Å²) in [5.74, 6) is 0.798. The van der Waals surface area contributed by atoms with Crippen molar-refractivity contribution in [2.24, 2.45) is 0 Å². The van der Waals surface area contributed by atoms with Gasteiger partial charge in [0.2, 0.25) is 0 Å². The molecule has 1 heterocycles. The number of rotatable bonds is 3. The predicted molar refractivity (Wildman–Crippen MR) is 75.4 cm³/mol. The summed E-state index contributed by atoms with van der Waals surface area (Å²) in [6.07, 6.45) is 7.31. The van der Waals surface area contributed by atoms with Gasteiger partial charge in [-0.25, -0.2) is 0 Å². The maximum absolute atomic E-state index is 12.4. The summed E-state index contributed by atoms with van der Waals surface area (Å²) in [5.41, 5.74) is 3.80. The van der Waals surface area contributed by atoms with E-state index in [1.807, 2.05) is 19.1 Å². The van der Waals surface area contributed by atoms with Gasteiger partial charge in [-0.15, -0.1) is 0 Å². The summed E-state index contributed by atoms with van der Waals surface area (Å²) in [5, 5.41) is 0. The molecule has 1 fully saturated rings. The number of carbonyl (C=O) groups excluding carboxylic acids is 1. The third-order valence-electron chi connectivity index (χ3n) is 4.01. The molecule has 2 heteroatoms. The van der Waals surface area contributed by atoms with Crippen molar-refractivity contribution in [2.45, 2.75) is 32.1 Å². The highest BCUT2D eigenvalue weighted by Crippen LogP contribution is 2.36. The van der Waals surface area contributed by atoms with E-state index < -0.39 is 0 Å². The summed E-state index contributed by atoms with van der Waals surface area (Å²) < 4.78 is 0. The third kappa shape index (κ3) is 2.30. The minimum Gasteiger partial charge on any atom is -0.289 e. The highest BCUT2D eigenvalue weighted by molar-refractivity contribution is 6.09. The van der Waals surface area contributed by atoms with Gasteiger partial charge in [0.25, 0.3) is 0 Å². The first-order chi connectivity index (χ1) is 9.25. The Labute approximate surface area is 113 Å².